The number of anilines is 2. The predicted molar refractivity (Wildman–Crippen MR) is 126 cm³/mol. The van der Waals surface area contributed by atoms with Crippen molar-refractivity contribution in [3.05, 3.63) is 60.7 Å². The Bertz CT molecular complexity index is 1160. The number of hydrogen-bond donors (Lipinski definition) is 3. The third-order valence-corrected chi connectivity index (χ3v) is 6.80. The van der Waals surface area contributed by atoms with Gasteiger partial charge in [0.15, 0.2) is 0 Å². The number of methoxy groups -OCH3 is 1. The molecule has 0 saturated heterocycles. The van der Waals surface area contributed by atoms with E-state index in [0.717, 1.165) is 5.39 Å². The number of carboxylic acid groups (broad SMARTS) is 1. The minimum Gasteiger partial charge on any atom is -0.497 e. The molecule has 0 aliphatic rings. The Morgan fingerprint density at radius 1 is 1.03 bits per heavy atom. The van der Waals surface area contributed by atoms with E-state index in [1.54, 1.807) is 48.2 Å². The first-order valence-corrected chi connectivity index (χ1v) is 12.4. The van der Waals surface area contributed by atoms with Crippen LogP contribution in [0.2, 0.25) is 0 Å². The maximum atomic E-state index is 12.9. The Morgan fingerprint density at radius 3 is 2.23 bits per heavy atom. The summed E-state index contributed by atoms with van der Waals surface area (Å²) >= 11 is 1.58. The zero-order valence-corrected chi connectivity index (χ0v) is 18.8. The Morgan fingerprint density at radius 2 is 1.65 bits per heavy atom. The average Bonchev–Trinajstić information content (AvgIpc) is 2.77. The maximum Gasteiger partial charge on any atom is 0.326 e. The molecule has 0 radical (unpaired) electrons. The lowest BCUT2D eigenvalue weighted by Crippen LogP contribution is -2.30. The quantitative estimate of drug-likeness (QED) is 0.415. The van der Waals surface area contributed by atoms with E-state index in [4.69, 9.17) is 4.74 Å². The number of sulfonamides is 1. The fourth-order valence-corrected chi connectivity index (χ4v) is 4.70. The van der Waals surface area contributed by atoms with Gasteiger partial charge in [0.1, 0.15) is 11.8 Å². The molecule has 7 nitrogen and oxygen atoms in total. The predicted octanol–water partition coefficient (Wildman–Crippen LogP) is 4.27. The van der Waals surface area contributed by atoms with E-state index in [1.807, 2.05) is 18.4 Å². The summed E-state index contributed by atoms with van der Waals surface area (Å²) in [5.41, 5.74) is 1.05. The summed E-state index contributed by atoms with van der Waals surface area (Å²) in [6.45, 7) is 0. The van der Waals surface area contributed by atoms with Gasteiger partial charge in [-0.2, -0.15) is 11.8 Å². The highest BCUT2D eigenvalue weighted by atomic mass is 32.2. The molecule has 3 N–H and O–H groups in total. The first-order valence-electron chi connectivity index (χ1n) is 9.52. The van der Waals surface area contributed by atoms with E-state index in [9.17, 15) is 18.3 Å². The highest BCUT2D eigenvalue weighted by molar-refractivity contribution is 7.98. The zero-order valence-electron chi connectivity index (χ0n) is 17.2. The van der Waals surface area contributed by atoms with Crippen LogP contribution in [0, 0.1) is 0 Å². The highest BCUT2D eigenvalue weighted by Gasteiger charge is 2.20. The molecule has 0 unspecified atom stereocenters. The monoisotopic (exact) mass is 460 g/mol. The third-order valence-electron chi connectivity index (χ3n) is 4.78. The van der Waals surface area contributed by atoms with Gasteiger partial charge in [0.2, 0.25) is 0 Å². The number of aliphatic carboxylic acids is 1. The Labute approximate surface area is 185 Å². The van der Waals surface area contributed by atoms with Crippen molar-refractivity contribution in [2.45, 2.75) is 17.4 Å². The Balaban J connectivity index is 1.94. The molecule has 3 rings (SSSR count). The number of hydrogen-bond acceptors (Lipinski definition) is 6. The van der Waals surface area contributed by atoms with Crippen LogP contribution in [0.4, 0.5) is 11.4 Å². The van der Waals surface area contributed by atoms with Crippen LogP contribution in [0.25, 0.3) is 10.8 Å². The number of thioether (sulfide) groups is 1. The van der Waals surface area contributed by atoms with Gasteiger partial charge in [-0.3, -0.25) is 4.72 Å². The minimum absolute atomic E-state index is 0.114. The van der Waals surface area contributed by atoms with Crippen LogP contribution in [0.3, 0.4) is 0 Å². The second-order valence-electron chi connectivity index (χ2n) is 6.80. The van der Waals surface area contributed by atoms with Gasteiger partial charge < -0.3 is 15.2 Å². The lowest BCUT2D eigenvalue weighted by molar-refractivity contribution is -0.137. The molecule has 3 aromatic carbocycles. The van der Waals surface area contributed by atoms with Crippen molar-refractivity contribution >= 4 is 49.9 Å². The number of nitrogens with one attached hydrogen (secondary N) is 2. The van der Waals surface area contributed by atoms with E-state index in [1.165, 1.54) is 19.2 Å². The first-order chi connectivity index (χ1) is 14.9. The van der Waals surface area contributed by atoms with Crippen LogP contribution < -0.4 is 14.8 Å². The molecule has 0 aliphatic heterocycles. The molecule has 0 spiro atoms. The van der Waals surface area contributed by atoms with Gasteiger partial charge in [-0.25, -0.2) is 13.2 Å². The highest BCUT2D eigenvalue weighted by Crippen LogP contribution is 2.32. The smallest absolute Gasteiger partial charge is 0.326 e. The molecular formula is C22H24N2O5S2. The number of carbonyl (C=O) groups is 1. The minimum atomic E-state index is -3.81. The second-order valence-corrected chi connectivity index (χ2v) is 9.47. The molecule has 164 valence electrons. The average molecular weight is 461 g/mol. The summed E-state index contributed by atoms with van der Waals surface area (Å²) in [5, 5.41) is 14.0. The van der Waals surface area contributed by atoms with Gasteiger partial charge in [0.05, 0.1) is 17.7 Å². The molecule has 0 aliphatic carbocycles. The molecule has 0 fully saturated rings. The maximum absolute atomic E-state index is 12.9. The molecule has 1 atom stereocenters. The van der Waals surface area contributed by atoms with Gasteiger partial charge in [-0.15, -0.1) is 0 Å². The van der Waals surface area contributed by atoms with Crippen molar-refractivity contribution < 1.29 is 23.1 Å². The number of ether oxygens (including phenoxy) is 1. The molecule has 0 saturated carbocycles. The third kappa shape index (κ3) is 5.42. The molecule has 31 heavy (non-hydrogen) atoms. The molecule has 0 heterocycles. The van der Waals surface area contributed by atoms with E-state index < -0.39 is 22.0 Å². The first kappa shape index (κ1) is 22.8. The molecular weight excluding hydrogens is 436 g/mol. The molecule has 3 aromatic rings. The van der Waals surface area contributed by atoms with Crippen molar-refractivity contribution in [1.29, 1.82) is 0 Å². The largest absolute Gasteiger partial charge is 0.497 e. The van der Waals surface area contributed by atoms with Crippen molar-refractivity contribution in [2.75, 3.05) is 29.2 Å². The van der Waals surface area contributed by atoms with Crippen molar-refractivity contribution in [2.24, 2.45) is 0 Å². The van der Waals surface area contributed by atoms with E-state index in [0.29, 0.717) is 34.7 Å². The number of carboxylic acids is 1. The lowest BCUT2D eigenvalue weighted by Gasteiger charge is -2.19. The number of rotatable bonds is 10. The molecule has 9 heteroatoms. The second kappa shape index (κ2) is 9.93. The van der Waals surface area contributed by atoms with Crippen molar-refractivity contribution in [3.63, 3.8) is 0 Å². The van der Waals surface area contributed by atoms with Crippen molar-refractivity contribution in [1.82, 2.24) is 0 Å². The standard InChI is InChI=1S/C22H24N2O5S2/c1-29-15-7-9-16(10-8-15)31(27,28)24-20-12-11-19(17-5-3-4-6-18(17)20)23-21(22(25)26)13-14-30-2/h3-12,21,23-24H,13-14H2,1-2H3,(H,25,26)/t21-/m0/s1. The van der Waals surface area contributed by atoms with Crippen LogP contribution in [-0.4, -0.2) is 44.7 Å². The van der Waals surface area contributed by atoms with Crippen LogP contribution >= 0.6 is 11.8 Å². The molecule has 0 bridgehead atoms. The van der Waals surface area contributed by atoms with E-state index >= 15 is 0 Å². The summed E-state index contributed by atoms with van der Waals surface area (Å²) in [5.74, 6) is 0.346. The van der Waals surface area contributed by atoms with Gasteiger partial charge in [-0.05, 0) is 54.8 Å². The zero-order chi connectivity index (χ0) is 22.4. The fourth-order valence-electron chi connectivity index (χ4n) is 3.15. The summed E-state index contributed by atoms with van der Waals surface area (Å²) in [6.07, 6.45) is 2.40. The van der Waals surface area contributed by atoms with Crippen molar-refractivity contribution in [3.8, 4) is 5.75 Å². The topological polar surface area (TPSA) is 105 Å². The van der Waals surface area contributed by atoms with Crippen LogP contribution in [0.15, 0.2) is 65.6 Å². The van der Waals surface area contributed by atoms with Crippen LogP contribution in [0.5, 0.6) is 5.75 Å². The van der Waals surface area contributed by atoms with Crippen LogP contribution in [-0.2, 0) is 14.8 Å². The number of benzene rings is 3. The SMILES string of the molecule is COc1ccc(S(=O)(=O)Nc2ccc(N[C@@H](CCSC)C(=O)O)c3ccccc23)cc1. The van der Waals surface area contributed by atoms with Gasteiger partial charge in [0, 0.05) is 16.5 Å². The summed E-state index contributed by atoms with van der Waals surface area (Å²) < 4.78 is 33.5. The van der Waals surface area contributed by atoms with Gasteiger partial charge in [-0.1, -0.05) is 24.3 Å². The van der Waals surface area contributed by atoms with E-state index in [2.05, 4.69) is 10.0 Å². The Hall–Kier alpha value is -2.91. The summed E-state index contributed by atoms with van der Waals surface area (Å²) in [4.78, 5) is 11.7. The van der Waals surface area contributed by atoms with Gasteiger partial charge in [0.25, 0.3) is 10.0 Å². The normalized spacial score (nSPS) is 12.3. The lowest BCUT2D eigenvalue weighted by atomic mass is 10.1. The van der Waals surface area contributed by atoms with Crippen LogP contribution in [0.1, 0.15) is 6.42 Å². The summed E-state index contributed by atoms with van der Waals surface area (Å²) in [6, 6.07) is 16.0. The Kier molecular flexibility index (Phi) is 7.29. The molecule has 0 amide bonds. The van der Waals surface area contributed by atoms with E-state index in [-0.39, 0.29) is 4.90 Å². The molecule has 0 aromatic heterocycles. The van der Waals surface area contributed by atoms with Gasteiger partial charge >= 0.3 is 5.97 Å². The summed E-state index contributed by atoms with van der Waals surface area (Å²) in [7, 11) is -2.30. The number of fused-ring (bicyclic) bond motifs is 1. The fraction of sp³-hybridized carbons (Fsp3) is 0.227.